The van der Waals surface area contributed by atoms with E-state index in [-0.39, 0.29) is 12.2 Å². The molecule has 0 atom stereocenters. The zero-order valence-corrected chi connectivity index (χ0v) is 14.6. The topological polar surface area (TPSA) is 108 Å². The van der Waals surface area contributed by atoms with Crippen LogP contribution in [0.5, 0.6) is 5.75 Å². The second kappa shape index (κ2) is 8.66. The molecule has 2 aromatic carbocycles. The SMILES string of the molecule is Cc1cccc(NC(=O)COC(=O)c2ccc(OCC(N)=O)cc2)c1C. The fourth-order valence-corrected chi connectivity index (χ4v) is 2.13. The summed E-state index contributed by atoms with van der Waals surface area (Å²) < 4.78 is 10.1. The minimum absolute atomic E-state index is 0.248. The Balaban J connectivity index is 1.86. The molecule has 0 bridgehead atoms. The van der Waals surface area contributed by atoms with Gasteiger partial charge in [0.05, 0.1) is 5.56 Å². The number of primary amides is 1. The zero-order chi connectivity index (χ0) is 19.1. The van der Waals surface area contributed by atoms with E-state index in [1.54, 1.807) is 6.07 Å². The van der Waals surface area contributed by atoms with Crippen LogP contribution in [0.1, 0.15) is 21.5 Å². The number of rotatable bonds is 7. The molecule has 0 unspecified atom stereocenters. The second-order valence-corrected chi connectivity index (χ2v) is 5.65. The zero-order valence-electron chi connectivity index (χ0n) is 14.6. The van der Waals surface area contributed by atoms with Crippen LogP contribution >= 0.6 is 0 Å². The smallest absolute Gasteiger partial charge is 0.338 e. The Bertz CT molecular complexity index is 815. The van der Waals surface area contributed by atoms with Crippen molar-refractivity contribution >= 4 is 23.5 Å². The summed E-state index contributed by atoms with van der Waals surface area (Å²) in [4.78, 5) is 34.6. The minimum atomic E-state index is -0.637. The number of benzene rings is 2. The fraction of sp³-hybridized carbons (Fsp3) is 0.211. The van der Waals surface area contributed by atoms with Gasteiger partial charge >= 0.3 is 5.97 Å². The number of nitrogens with two attached hydrogens (primary N) is 1. The van der Waals surface area contributed by atoms with E-state index in [1.807, 2.05) is 26.0 Å². The number of ether oxygens (including phenoxy) is 2. The Morgan fingerprint density at radius 1 is 1.00 bits per heavy atom. The van der Waals surface area contributed by atoms with Crippen LogP contribution in [0.15, 0.2) is 42.5 Å². The first-order chi connectivity index (χ1) is 12.4. The molecule has 0 saturated carbocycles. The van der Waals surface area contributed by atoms with Crippen LogP contribution in [0.25, 0.3) is 0 Å². The lowest BCUT2D eigenvalue weighted by Gasteiger charge is -2.11. The van der Waals surface area contributed by atoms with Gasteiger partial charge in [0.15, 0.2) is 13.2 Å². The molecule has 0 spiro atoms. The first-order valence-corrected chi connectivity index (χ1v) is 7.91. The first-order valence-electron chi connectivity index (χ1n) is 7.91. The predicted molar refractivity (Wildman–Crippen MR) is 96.0 cm³/mol. The van der Waals surface area contributed by atoms with Crippen molar-refractivity contribution in [3.63, 3.8) is 0 Å². The second-order valence-electron chi connectivity index (χ2n) is 5.65. The standard InChI is InChI=1S/C19H20N2O5/c1-12-4-3-5-16(13(12)2)21-18(23)11-26-19(24)14-6-8-15(9-7-14)25-10-17(20)22/h3-9H,10-11H2,1-2H3,(H2,20,22)(H,21,23). The number of esters is 1. The average molecular weight is 356 g/mol. The molecule has 3 N–H and O–H groups in total. The van der Waals surface area contributed by atoms with Gasteiger partial charge in [-0.05, 0) is 55.3 Å². The molecule has 0 radical (unpaired) electrons. The van der Waals surface area contributed by atoms with Gasteiger partial charge in [-0.25, -0.2) is 4.79 Å². The van der Waals surface area contributed by atoms with Crippen molar-refractivity contribution in [1.82, 2.24) is 0 Å². The van der Waals surface area contributed by atoms with Crippen LogP contribution in [0.3, 0.4) is 0 Å². The normalized spacial score (nSPS) is 10.1. The van der Waals surface area contributed by atoms with E-state index in [1.165, 1.54) is 24.3 Å². The molecule has 2 aromatic rings. The summed E-state index contributed by atoms with van der Waals surface area (Å²) in [5, 5.41) is 2.71. The van der Waals surface area contributed by atoms with Gasteiger partial charge in [0, 0.05) is 5.69 Å². The molecular weight excluding hydrogens is 336 g/mol. The highest BCUT2D eigenvalue weighted by molar-refractivity contribution is 5.96. The van der Waals surface area contributed by atoms with Gasteiger partial charge in [0.25, 0.3) is 11.8 Å². The van der Waals surface area contributed by atoms with Crippen molar-refractivity contribution in [2.45, 2.75) is 13.8 Å². The molecule has 0 aromatic heterocycles. The third-order valence-corrected chi connectivity index (χ3v) is 3.68. The fourth-order valence-electron chi connectivity index (χ4n) is 2.13. The van der Waals surface area contributed by atoms with E-state index in [2.05, 4.69) is 5.32 Å². The summed E-state index contributed by atoms with van der Waals surface area (Å²) in [5.74, 6) is -1.26. The maximum atomic E-state index is 12.0. The Labute approximate surface area is 151 Å². The lowest BCUT2D eigenvalue weighted by molar-refractivity contribution is -0.120. The summed E-state index contributed by atoms with van der Waals surface area (Å²) in [7, 11) is 0. The maximum Gasteiger partial charge on any atom is 0.338 e. The largest absolute Gasteiger partial charge is 0.484 e. The van der Waals surface area contributed by atoms with Crippen LogP contribution < -0.4 is 15.8 Å². The van der Waals surface area contributed by atoms with Crippen LogP contribution in [-0.2, 0) is 14.3 Å². The first kappa shape index (κ1) is 19.0. The van der Waals surface area contributed by atoms with Crippen LogP contribution in [0, 0.1) is 13.8 Å². The van der Waals surface area contributed by atoms with Crippen LogP contribution in [-0.4, -0.2) is 31.0 Å². The van der Waals surface area contributed by atoms with E-state index in [0.717, 1.165) is 11.1 Å². The summed E-state index contributed by atoms with van der Waals surface area (Å²) in [5.41, 5.74) is 7.94. The van der Waals surface area contributed by atoms with E-state index in [0.29, 0.717) is 11.4 Å². The van der Waals surface area contributed by atoms with E-state index in [4.69, 9.17) is 15.2 Å². The molecular formula is C19H20N2O5. The Kier molecular flexibility index (Phi) is 6.32. The van der Waals surface area contributed by atoms with Gasteiger partial charge in [-0.3, -0.25) is 9.59 Å². The molecule has 0 aliphatic carbocycles. The average Bonchev–Trinajstić information content (AvgIpc) is 2.62. The number of hydrogen-bond acceptors (Lipinski definition) is 5. The number of carbonyl (C=O) groups excluding carboxylic acids is 3. The molecule has 7 heteroatoms. The molecule has 0 fully saturated rings. The Morgan fingerprint density at radius 2 is 1.69 bits per heavy atom. The molecule has 0 aliphatic heterocycles. The van der Waals surface area contributed by atoms with Gasteiger partial charge in [0.1, 0.15) is 5.75 Å². The highest BCUT2D eigenvalue weighted by Gasteiger charge is 2.12. The monoisotopic (exact) mass is 356 g/mol. The number of aryl methyl sites for hydroxylation is 1. The van der Waals surface area contributed by atoms with Gasteiger partial charge in [-0.2, -0.15) is 0 Å². The molecule has 136 valence electrons. The Morgan fingerprint density at radius 3 is 2.35 bits per heavy atom. The highest BCUT2D eigenvalue weighted by atomic mass is 16.5. The van der Waals surface area contributed by atoms with E-state index >= 15 is 0 Å². The van der Waals surface area contributed by atoms with Crippen molar-refractivity contribution in [3.05, 3.63) is 59.2 Å². The number of carbonyl (C=O) groups is 3. The van der Waals surface area contributed by atoms with Crippen molar-refractivity contribution in [1.29, 1.82) is 0 Å². The van der Waals surface area contributed by atoms with Crippen molar-refractivity contribution in [2.75, 3.05) is 18.5 Å². The summed E-state index contributed by atoms with van der Waals surface area (Å²) in [6.45, 7) is 3.20. The predicted octanol–water partition coefficient (Wildman–Crippen LogP) is 1.96. The van der Waals surface area contributed by atoms with Crippen LogP contribution in [0.4, 0.5) is 5.69 Å². The van der Waals surface area contributed by atoms with Gasteiger partial charge in [-0.1, -0.05) is 12.1 Å². The number of amides is 2. The third kappa shape index (κ3) is 5.34. The summed E-state index contributed by atoms with van der Waals surface area (Å²) >= 11 is 0. The van der Waals surface area contributed by atoms with Crippen molar-refractivity contribution in [2.24, 2.45) is 5.73 Å². The van der Waals surface area contributed by atoms with E-state index in [9.17, 15) is 14.4 Å². The minimum Gasteiger partial charge on any atom is -0.484 e. The van der Waals surface area contributed by atoms with Gasteiger partial charge in [0.2, 0.25) is 0 Å². The highest BCUT2D eigenvalue weighted by Crippen LogP contribution is 2.18. The summed E-state index contributed by atoms with van der Waals surface area (Å²) in [6.07, 6.45) is 0. The lowest BCUT2D eigenvalue weighted by Crippen LogP contribution is -2.21. The molecule has 2 rings (SSSR count). The van der Waals surface area contributed by atoms with Gasteiger partial charge < -0.3 is 20.5 Å². The summed E-state index contributed by atoms with van der Waals surface area (Å²) in [6, 6.07) is 11.5. The molecule has 2 amide bonds. The van der Waals surface area contributed by atoms with Crippen molar-refractivity contribution < 1.29 is 23.9 Å². The quantitative estimate of drug-likeness (QED) is 0.738. The maximum absolute atomic E-state index is 12.0. The molecule has 0 heterocycles. The van der Waals surface area contributed by atoms with E-state index < -0.39 is 24.4 Å². The molecule has 7 nitrogen and oxygen atoms in total. The lowest BCUT2D eigenvalue weighted by atomic mass is 10.1. The van der Waals surface area contributed by atoms with Gasteiger partial charge in [-0.15, -0.1) is 0 Å². The number of nitrogens with one attached hydrogen (secondary N) is 1. The molecule has 0 saturated heterocycles. The molecule has 26 heavy (non-hydrogen) atoms. The Hall–Kier alpha value is -3.35. The van der Waals surface area contributed by atoms with Crippen molar-refractivity contribution in [3.8, 4) is 5.75 Å². The molecule has 0 aliphatic rings. The van der Waals surface area contributed by atoms with Crippen LogP contribution in [0.2, 0.25) is 0 Å². The third-order valence-electron chi connectivity index (χ3n) is 3.68. The number of hydrogen-bond donors (Lipinski definition) is 2. The number of anilines is 1.